The normalized spacial score (nSPS) is 20.2. The number of piperidine rings is 1. The molecule has 0 radical (unpaired) electrons. The first-order chi connectivity index (χ1) is 8.16. The fourth-order valence-electron chi connectivity index (χ4n) is 2.07. The first-order valence-electron chi connectivity index (χ1n) is 5.68. The highest BCUT2D eigenvalue weighted by Gasteiger charge is 2.24. The fourth-order valence-corrected chi connectivity index (χ4v) is 2.77. The van der Waals surface area contributed by atoms with E-state index in [0.717, 1.165) is 11.3 Å². The molecular formula is C12H14NO3S-. The molecule has 92 valence electrons. The van der Waals surface area contributed by atoms with Crippen LogP contribution in [0, 0.1) is 5.92 Å². The van der Waals surface area contributed by atoms with Crippen LogP contribution >= 0.6 is 11.3 Å². The Balaban J connectivity index is 1.93. The molecule has 1 aromatic heterocycles. The van der Waals surface area contributed by atoms with Gasteiger partial charge in [0.25, 0.3) is 0 Å². The smallest absolute Gasteiger partial charge is 0.227 e. The molecule has 1 aliphatic rings. The van der Waals surface area contributed by atoms with Crippen LogP contribution in [0.25, 0.3) is 0 Å². The van der Waals surface area contributed by atoms with E-state index in [9.17, 15) is 14.7 Å². The van der Waals surface area contributed by atoms with Gasteiger partial charge in [-0.15, -0.1) is 11.3 Å². The molecule has 17 heavy (non-hydrogen) atoms. The van der Waals surface area contributed by atoms with Gasteiger partial charge in [-0.2, -0.15) is 0 Å². The lowest BCUT2D eigenvalue weighted by atomic mass is 9.98. The summed E-state index contributed by atoms with van der Waals surface area (Å²) in [6, 6.07) is 3.83. The van der Waals surface area contributed by atoms with Crippen LogP contribution in [0.1, 0.15) is 17.7 Å². The maximum atomic E-state index is 12.0. The minimum Gasteiger partial charge on any atom is -0.550 e. The fraction of sp³-hybridized carbons (Fsp3) is 0.500. The molecule has 2 heterocycles. The van der Waals surface area contributed by atoms with Crippen molar-refractivity contribution in [2.24, 2.45) is 5.92 Å². The van der Waals surface area contributed by atoms with Crippen LogP contribution in [0.5, 0.6) is 0 Å². The average Bonchev–Trinajstić information content (AvgIpc) is 2.82. The number of nitrogens with zero attached hydrogens (tertiary/aromatic N) is 1. The maximum Gasteiger partial charge on any atom is 0.227 e. The SMILES string of the molecule is O=C([O-])C1CCCN(C(=O)Cc2cccs2)C1. The van der Waals surface area contributed by atoms with E-state index in [-0.39, 0.29) is 5.91 Å². The van der Waals surface area contributed by atoms with Crippen molar-refractivity contribution in [1.82, 2.24) is 4.90 Å². The van der Waals surface area contributed by atoms with Crippen LogP contribution in [0.3, 0.4) is 0 Å². The quantitative estimate of drug-likeness (QED) is 0.776. The van der Waals surface area contributed by atoms with Gasteiger partial charge in [-0.25, -0.2) is 0 Å². The zero-order valence-electron chi connectivity index (χ0n) is 9.43. The second-order valence-electron chi connectivity index (χ2n) is 4.25. The van der Waals surface area contributed by atoms with Crippen LogP contribution < -0.4 is 5.11 Å². The third-order valence-electron chi connectivity index (χ3n) is 3.01. The highest BCUT2D eigenvalue weighted by molar-refractivity contribution is 7.10. The molecule has 1 amide bonds. The predicted octanol–water partition coefficient (Wildman–Crippen LogP) is 0.279. The number of likely N-dealkylation sites (tertiary alicyclic amines) is 1. The van der Waals surface area contributed by atoms with E-state index in [1.54, 1.807) is 16.2 Å². The highest BCUT2D eigenvalue weighted by atomic mass is 32.1. The van der Waals surface area contributed by atoms with Crippen molar-refractivity contribution in [3.8, 4) is 0 Å². The molecule has 1 fully saturated rings. The summed E-state index contributed by atoms with van der Waals surface area (Å²) < 4.78 is 0. The Morgan fingerprint density at radius 2 is 2.35 bits per heavy atom. The zero-order chi connectivity index (χ0) is 12.3. The van der Waals surface area contributed by atoms with E-state index in [2.05, 4.69) is 0 Å². The number of hydrogen-bond acceptors (Lipinski definition) is 4. The topological polar surface area (TPSA) is 60.4 Å². The first-order valence-corrected chi connectivity index (χ1v) is 6.56. The summed E-state index contributed by atoms with van der Waals surface area (Å²) in [6.45, 7) is 0.959. The number of rotatable bonds is 3. The summed E-state index contributed by atoms with van der Waals surface area (Å²) in [5.74, 6) is -1.53. The monoisotopic (exact) mass is 252 g/mol. The number of amides is 1. The number of carboxylic acid groups (broad SMARTS) is 1. The van der Waals surface area contributed by atoms with Gasteiger partial charge in [0.2, 0.25) is 5.91 Å². The first kappa shape index (κ1) is 12.1. The standard InChI is InChI=1S/C12H15NO3S/c14-11(7-10-4-2-6-17-10)13-5-1-3-9(8-13)12(15)16/h2,4,6,9H,1,3,5,7-8H2,(H,15,16)/p-1. The predicted molar refractivity (Wildman–Crippen MR) is 62.3 cm³/mol. The van der Waals surface area contributed by atoms with Gasteiger partial charge in [-0.1, -0.05) is 6.07 Å². The third-order valence-corrected chi connectivity index (χ3v) is 3.89. The molecule has 1 atom stereocenters. The lowest BCUT2D eigenvalue weighted by Crippen LogP contribution is -2.46. The summed E-state index contributed by atoms with van der Waals surface area (Å²) >= 11 is 1.55. The van der Waals surface area contributed by atoms with Crippen molar-refractivity contribution >= 4 is 23.2 Å². The Bertz CT molecular complexity index is 402. The number of aliphatic carboxylic acids is 1. The van der Waals surface area contributed by atoms with Crippen molar-refractivity contribution in [3.05, 3.63) is 22.4 Å². The second kappa shape index (κ2) is 5.31. The van der Waals surface area contributed by atoms with Crippen molar-refractivity contribution in [2.75, 3.05) is 13.1 Å². The van der Waals surface area contributed by atoms with Gasteiger partial charge in [-0.05, 0) is 24.3 Å². The van der Waals surface area contributed by atoms with Crippen LogP contribution in [0.4, 0.5) is 0 Å². The Morgan fingerprint density at radius 3 is 3.00 bits per heavy atom. The summed E-state index contributed by atoms with van der Waals surface area (Å²) in [5.41, 5.74) is 0. The van der Waals surface area contributed by atoms with Crippen LogP contribution in [-0.4, -0.2) is 29.9 Å². The molecule has 0 bridgehead atoms. The number of thiophene rings is 1. The van der Waals surface area contributed by atoms with Gasteiger partial charge >= 0.3 is 0 Å². The minimum absolute atomic E-state index is 0.0124. The van der Waals surface area contributed by atoms with E-state index in [0.29, 0.717) is 25.9 Å². The molecule has 0 N–H and O–H groups in total. The molecule has 0 aromatic carbocycles. The van der Waals surface area contributed by atoms with Gasteiger partial charge in [0.1, 0.15) is 0 Å². The number of carboxylic acids is 1. The highest BCUT2D eigenvalue weighted by Crippen LogP contribution is 2.18. The molecule has 1 unspecified atom stereocenters. The molecule has 0 aliphatic carbocycles. The summed E-state index contributed by atoms with van der Waals surface area (Å²) in [4.78, 5) is 25.4. The molecular weight excluding hydrogens is 238 g/mol. The second-order valence-corrected chi connectivity index (χ2v) is 5.29. The Morgan fingerprint density at radius 1 is 1.53 bits per heavy atom. The summed E-state index contributed by atoms with van der Waals surface area (Å²) in [7, 11) is 0. The molecule has 0 spiro atoms. The number of carbonyl (C=O) groups is 2. The van der Waals surface area contributed by atoms with E-state index in [4.69, 9.17) is 0 Å². The Hall–Kier alpha value is -1.36. The minimum atomic E-state index is -1.04. The summed E-state index contributed by atoms with van der Waals surface area (Å²) in [5, 5.41) is 12.7. The molecule has 0 saturated carbocycles. The molecule has 1 aliphatic heterocycles. The summed E-state index contributed by atoms with van der Waals surface area (Å²) in [6.07, 6.45) is 1.73. The van der Waals surface area contributed by atoms with E-state index >= 15 is 0 Å². The van der Waals surface area contributed by atoms with Crippen LogP contribution in [0.2, 0.25) is 0 Å². The maximum absolute atomic E-state index is 12.0. The van der Waals surface area contributed by atoms with Gasteiger partial charge in [0, 0.05) is 29.9 Å². The molecule has 5 heteroatoms. The zero-order valence-corrected chi connectivity index (χ0v) is 10.2. The van der Waals surface area contributed by atoms with Crippen molar-refractivity contribution in [2.45, 2.75) is 19.3 Å². The average molecular weight is 252 g/mol. The van der Waals surface area contributed by atoms with Gasteiger partial charge in [-0.3, -0.25) is 4.79 Å². The lowest BCUT2D eigenvalue weighted by Gasteiger charge is -2.33. The Labute approximate surface area is 104 Å². The van der Waals surface area contributed by atoms with Crippen molar-refractivity contribution < 1.29 is 14.7 Å². The van der Waals surface area contributed by atoms with Crippen LogP contribution in [-0.2, 0) is 16.0 Å². The molecule has 2 rings (SSSR count). The molecule has 1 saturated heterocycles. The van der Waals surface area contributed by atoms with Gasteiger partial charge in [0.05, 0.1) is 6.42 Å². The van der Waals surface area contributed by atoms with Gasteiger partial charge in [0.15, 0.2) is 0 Å². The van der Waals surface area contributed by atoms with E-state index in [1.165, 1.54) is 0 Å². The van der Waals surface area contributed by atoms with E-state index < -0.39 is 11.9 Å². The largest absolute Gasteiger partial charge is 0.550 e. The molecule has 1 aromatic rings. The van der Waals surface area contributed by atoms with Gasteiger partial charge < -0.3 is 14.8 Å². The number of carbonyl (C=O) groups excluding carboxylic acids is 2. The van der Waals surface area contributed by atoms with Crippen molar-refractivity contribution in [1.29, 1.82) is 0 Å². The number of hydrogen-bond donors (Lipinski definition) is 0. The van der Waals surface area contributed by atoms with Crippen molar-refractivity contribution in [3.63, 3.8) is 0 Å². The van der Waals surface area contributed by atoms with E-state index in [1.807, 2.05) is 17.5 Å². The van der Waals surface area contributed by atoms with Crippen LogP contribution in [0.15, 0.2) is 17.5 Å². The Kier molecular flexibility index (Phi) is 3.78. The lowest BCUT2D eigenvalue weighted by molar-refractivity contribution is -0.312. The third kappa shape index (κ3) is 3.06. The molecule has 4 nitrogen and oxygen atoms in total.